The minimum absolute atomic E-state index is 0.257. The molecular weight excluding hydrogens is 262 g/mol. The monoisotopic (exact) mass is 285 g/mol. The van der Waals surface area contributed by atoms with Gasteiger partial charge in [0.05, 0.1) is 4.90 Å². The number of aryl methyl sites for hydroxylation is 1. The Morgan fingerprint density at radius 1 is 1.26 bits per heavy atom. The number of likely N-dealkylation sites (N-methyl/N-ethyl adjacent to an activating group) is 1. The molecule has 0 heterocycles. The zero-order valence-electron chi connectivity index (χ0n) is 11.8. The minimum Gasteiger partial charge on any atom is -0.399 e. The molecule has 0 amide bonds. The molecule has 0 saturated heterocycles. The summed E-state index contributed by atoms with van der Waals surface area (Å²) in [6.07, 6.45) is 0. The van der Waals surface area contributed by atoms with Crippen LogP contribution in [0.3, 0.4) is 0 Å². The molecule has 3 N–H and O–H groups in total. The number of sulfonamides is 1. The largest absolute Gasteiger partial charge is 0.399 e. The molecule has 0 aliphatic heterocycles. The zero-order chi connectivity index (χ0) is 14.5. The third kappa shape index (κ3) is 4.49. The molecular formula is C13H23N3O2S. The van der Waals surface area contributed by atoms with Gasteiger partial charge in [-0.25, -0.2) is 13.1 Å². The van der Waals surface area contributed by atoms with Gasteiger partial charge < -0.3 is 10.6 Å². The molecule has 5 nitrogen and oxygen atoms in total. The first-order chi connectivity index (χ1) is 8.90. The first-order valence-electron chi connectivity index (χ1n) is 6.48. The van der Waals surface area contributed by atoms with Crippen molar-refractivity contribution < 1.29 is 8.42 Å². The second-order valence-electron chi connectivity index (χ2n) is 4.45. The van der Waals surface area contributed by atoms with E-state index in [1.807, 2.05) is 0 Å². The Kier molecular flexibility index (Phi) is 5.78. The first kappa shape index (κ1) is 15.9. The van der Waals surface area contributed by atoms with Gasteiger partial charge in [0.15, 0.2) is 0 Å². The van der Waals surface area contributed by atoms with Gasteiger partial charge in [0.2, 0.25) is 10.0 Å². The SMILES string of the molecule is CCN(CC)CCNS(=O)(=O)c1cc(N)ccc1C. The highest BCUT2D eigenvalue weighted by Gasteiger charge is 2.16. The van der Waals surface area contributed by atoms with Crippen molar-refractivity contribution in [1.82, 2.24) is 9.62 Å². The summed E-state index contributed by atoms with van der Waals surface area (Å²) < 4.78 is 27.0. The lowest BCUT2D eigenvalue weighted by molar-refractivity contribution is 0.309. The van der Waals surface area contributed by atoms with Gasteiger partial charge in [0, 0.05) is 18.8 Å². The molecule has 0 fully saturated rings. The maximum atomic E-state index is 12.2. The van der Waals surface area contributed by atoms with E-state index in [2.05, 4.69) is 23.5 Å². The normalized spacial score (nSPS) is 12.0. The van der Waals surface area contributed by atoms with Crippen molar-refractivity contribution in [2.24, 2.45) is 0 Å². The molecule has 0 bridgehead atoms. The Bertz CT molecular complexity index is 511. The molecule has 0 aliphatic rings. The third-order valence-electron chi connectivity index (χ3n) is 3.12. The molecule has 0 spiro atoms. The van der Waals surface area contributed by atoms with Crippen LogP contribution >= 0.6 is 0 Å². The van der Waals surface area contributed by atoms with Crippen LogP contribution in [0.4, 0.5) is 5.69 Å². The van der Waals surface area contributed by atoms with Gasteiger partial charge in [-0.05, 0) is 37.7 Å². The summed E-state index contributed by atoms with van der Waals surface area (Å²) in [5.74, 6) is 0. The van der Waals surface area contributed by atoms with Gasteiger partial charge in [-0.15, -0.1) is 0 Å². The van der Waals surface area contributed by atoms with Crippen molar-refractivity contribution in [3.8, 4) is 0 Å². The summed E-state index contributed by atoms with van der Waals surface area (Å²) in [7, 11) is -3.48. The minimum atomic E-state index is -3.48. The molecule has 6 heteroatoms. The number of hydrogen-bond donors (Lipinski definition) is 2. The fourth-order valence-corrected chi connectivity index (χ4v) is 3.16. The Morgan fingerprint density at radius 3 is 2.47 bits per heavy atom. The van der Waals surface area contributed by atoms with Crippen LogP contribution in [0.5, 0.6) is 0 Å². The standard InChI is InChI=1S/C13H23N3O2S/c1-4-16(5-2)9-8-15-19(17,18)13-10-12(14)7-6-11(13)3/h6-7,10,15H,4-5,8-9,14H2,1-3H3. The molecule has 0 radical (unpaired) electrons. The molecule has 0 atom stereocenters. The van der Waals surface area contributed by atoms with Gasteiger partial charge in [-0.3, -0.25) is 0 Å². The van der Waals surface area contributed by atoms with Crippen LogP contribution in [0.15, 0.2) is 23.1 Å². The zero-order valence-corrected chi connectivity index (χ0v) is 12.6. The number of rotatable bonds is 7. The fourth-order valence-electron chi connectivity index (χ4n) is 1.86. The van der Waals surface area contributed by atoms with Crippen molar-refractivity contribution in [1.29, 1.82) is 0 Å². The van der Waals surface area contributed by atoms with E-state index in [1.54, 1.807) is 19.1 Å². The highest BCUT2D eigenvalue weighted by atomic mass is 32.2. The maximum absolute atomic E-state index is 12.2. The Balaban J connectivity index is 2.73. The maximum Gasteiger partial charge on any atom is 0.240 e. The van der Waals surface area contributed by atoms with Crippen LogP contribution in [0.1, 0.15) is 19.4 Å². The molecule has 19 heavy (non-hydrogen) atoms. The Hall–Kier alpha value is -1.11. The van der Waals surface area contributed by atoms with Gasteiger partial charge in [-0.2, -0.15) is 0 Å². The van der Waals surface area contributed by atoms with Crippen LogP contribution in [0.25, 0.3) is 0 Å². The first-order valence-corrected chi connectivity index (χ1v) is 7.97. The van der Waals surface area contributed by atoms with Crippen molar-refractivity contribution >= 4 is 15.7 Å². The van der Waals surface area contributed by atoms with Gasteiger partial charge in [-0.1, -0.05) is 19.9 Å². The average molecular weight is 285 g/mol. The fraction of sp³-hybridized carbons (Fsp3) is 0.538. The van der Waals surface area contributed by atoms with Crippen molar-refractivity contribution in [2.45, 2.75) is 25.7 Å². The molecule has 108 valence electrons. The van der Waals surface area contributed by atoms with Crippen LogP contribution in [0.2, 0.25) is 0 Å². The van der Waals surface area contributed by atoms with E-state index in [9.17, 15) is 8.42 Å². The highest BCUT2D eigenvalue weighted by molar-refractivity contribution is 7.89. The summed E-state index contributed by atoms with van der Waals surface area (Å²) in [4.78, 5) is 2.42. The molecule has 1 aromatic rings. The summed E-state index contributed by atoms with van der Waals surface area (Å²) >= 11 is 0. The van der Waals surface area contributed by atoms with Crippen molar-refractivity contribution in [3.05, 3.63) is 23.8 Å². The number of nitrogens with zero attached hydrogens (tertiary/aromatic N) is 1. The summed E-state index contributed by atoms with van der Waals surface area (Å²) in [5, 5.41) is 0. The van der Waals surface area contributed by atoms with Gasteiger partial charge in [0.25, 0.3) is 0 Å². The third-order valence-corrected chi connectivity index (χ3v) is 4.72. The van der Waals surface area contributed by atoms with Gasteiger partial charge in [0.1, 0.15) is 0 Å². The van der Waals surface area contributed by atoms with E-state index in [0.717, 1.165) is 13.1 Å². The van der Waals surface area contributed by atoms with Crippen LogP contribution in [-0.2, 0) is 10.0 Å². The summed E-state index contributed by atoms with van der Waals surface area (Å²) in [5.41, 5.74) is 6.80. The van der Waals surface area contributed by atoms with Crippen molar-refractivity contribution in [3.63, 3.8) is 0 Å². The van der Waals surface area contributed by atoms with E-state index in [1.165, 1.54) is 6.07 Å². The lowest BCUT2D eigenvalue weighted by Crippen LogP contribution is -2.35. The van der Waals surface area contributed by atoms with E-state index in [4.69, 9.17) is 5.73 Å². The van der Waals surface area contributed by atoms with E-state index in [0.29, 0.717) is 24.3 Å². The number of nitrogens with one attached hydrogen (secondary N) is 1. The molecule has 0 aliphatic carbocycles. The highest BCUT2D eigenvalue weighted by Crippen LogP contribution is 2.17. The second-order valence-corrected chi connectivity index (χ2v) is 6.18. The second kappa shape index (κ2) is 6.88. The molecule has 0 aromatic heterocycles. The smallest absolute Gasteiger partial charge is 0.240 e. The Morgan fingerprint density at radius 2 is 1.89 bits per heavy atom. The molecule has 0 saturated carbocycles. The van der Waals surface area contributed by atoms with Crippen LogP contribution < -0.4 is 10.5 Å². The quantitative estimate of drug-likeness (QED) is 0.738. The summed E-state index contributed by atoms with van der Waals surface area (Å²) in [6.45, 7) is 8.80. The lowest BCUT2D eigenvalue weighted by atomic mass is 10.2. The molecule has 1 aromatic carbocycles. The predicted molar refractivity (Wildman–Crippen MR) is 78.6 cm³/mol. The number of nitrogens with two attached hydrogens (primary N) is 1. The molecule has 1 rings (SSSR count). The van der Waals surface area contributed by atoms with E-state index >= 15 is 0 Å². The predicted octanol–water partition coefficient (Wildman–Crippen LogP) is 1.20. The summed E-state index contributed by atoms with van der Waals surface area (Å²) in [6, 6.07) is 4.91. The van der Waals surface area contributed by atoms with E-state index in [-0.39, 0.29) is 4.90 Å². The van der Waals surface area contributed by atoms with Crippen molar-refractivity contribution in [2.75, 3.05) is 31.9 Å². The van der Waals surface area contributed by atoms with Crippen LogP contribution in [0, 0.1) is 6.92 Å². The van der Waals surface area contributed by atoms with Crippen LogP contribution in [-0.4, -0.2) is 39.5 Å². The Labute approximate surface area is 115 Å². The van der Waals surface area contributed by atoms with Gasteiger partial charge >= 0.3 is 0 Å². The number of hydrogen-bond acceptors (Lipinski definition) is 4. The average Bonchev–Trinajstić information content (AvgIpc) is 2.37. The number of anilines is 1. The van der Waals surface area contributed by atoms with E-state index < -0.39 is 10.0 Å². The topological polar surface area (TPSA) is 75.4 Å². The lowest BCUT2D eigenvalue weighted by Gasteiger charge is -2.18. The number of benzene rings is 1. The number of nitrogen functional groups attached to an aromatic ring is 1. The molecule has 0 unspecified atom stereocenters.